The van der Waals surface area contributed by atoms with Crippen molar-refractivity contribution in [2.45, 2.75) is 32.2 Å². The number of methoxy groups -OCH3 is 2. The Morgan fingerprint density at radius 1 is 0.853 bits per heavy atom. The Hall–Kier alpha value is -3.52. The van der Waals surface area contributed by atoms with E-state index in [1.807, 2.05) is 39.0 Å². The number of carbonyl (C=O) groups is 1. The van der Waals surface area contributed by atoms with Crippen LogP contribution in [0.4, 0.5) is 5.69 Å². The maximum absolute atomic E-state index is 13.6. The molecule has 1 N–H and O–H groups in total. The van der Waals surface area contributed by atoms with Gasteiger partial charge in [0.05, 0.1) is 24.8 Å². The number of rotatable bonds is 9. The third-order valence-electron chi connectivity index (χ3n) is 5.45. The summed E-state index contributed by atoms with van der Waals surface area (Å²) in [6, 6.07) is 17.4. The quantitative estimate of drug-likeness (QED) is 0.496. The average Bonchev–Trinajstić information content (AvgIpc) is 2.81. The molecule has 3 aromatic rings. The van der Waals surface area contributed by atoms with Crippen LogP contribution >= 0.6 is 0 Å². The lowest BCUT2D eigenvalue weighted by Crippen LogP contribution is -2.41. The Bertz CT molecular complexity index is 1270. The molecule has 0 aliphatic rings. The standard InChI is InChI=1S/C26H30N2O5S/c1-18-6-10-22(11-7-18)34(30,31)28(23-12-8-19(2)14-20(23)3)17-26(29)27-16-21-9-13-24(32-4)25(15-21)33-5/h6-15H,16-17H2,1-5H3,(H,27,29). The number of hydrogen-bond donors (Lipinski definition) is 1. The molecule has 34 heavy (non-hydrogen) atoms. The molecule has 0 unspecified atom stereocenters. The molecule has 3 rings (SSSR count). The van der Waals surface area contributed by atoms with E-state index < -0.39 is 15.9 Å². The number of carbonyl (C=O) groups excluding carboxylic acids is 1. The van der Waals surface area contributed by atoms with Crippen LogP contribution in [-0.2, 0) is 21.4 Å². The molecule has 180 valence electrons. The second kappa shape index (κ2) is 10.6. The number of anilines is 1. The normalized spacial score (nSPS) is 11.1. The minimum Gasteiger partial charge on any atom is -0.493 e. The smallest absolute Gasteiger partial charge is 0.264 e. The topological polar surface area (TPSA) is 84.9 Å². The summed E-state index contributed by atoms with van der Waals surface area (Å²) in [7, 11) is -0.877. The van der Waals surface area contributed by atoms with Gasteiger partial charge in [0.1, 0.15) is 6.54 Å². The highest BCUT2D eigenvalue weighted by Gasteiger charge is 2.28. The van der Waals surface area contributed by atoms with Crippen LogP contribution in [0.3, 0.4) is 0 Å². The van der Waals surface area contributed by atoms with Gasteiger partial charge in [0.25, 0.3) is 10.0 Å². The van der Waals surface area contributed by atoms with Crippen molar-refractivity contribution in [2.75, 3.05) is 25.1 Å². The summed E-state index contributed by atoms with van der Waals surface area (Å²) >= 11 is 0. The van der Waals surface area contributed by atoms with Gasteiger partial charge < -0.3 is 14.8 Å². The van der Waals surface area contributed by atoms with Crippen LogP contribution in [0.1, 0.15) is 22.3 Å². The van der Waals surface area contributed by atoms with Crippen LogP contribution in [0.15, 0.2) is 65.6 Å². The Balaban J connectivity index is 1.87. The van der Waals surface area contributed by atoms with Gasteiger partial charge in [-0.1, -0.05) is 41.5 Å². The molecule has 0 aliphatic carbocycles. The van der Waals surface area contributed by atoms with Gasteiger partial charge in [-0.2, -0.15) is 0 Å². The largest absolute Gasteiger partial charge is 0.493 e. The molecule has 0 atom stereocenters. The second-order valence-corrected chi connectivity index (χ2v) is 9.94. The SMILES string of the molecule is COc1ccc(CNC(=O)CN(c2ccc(C)cc2C)S(=O)(=O)c2ccc(C)cc2)cc1OC. The molecular formula is C26H30N2O5S. The van der Waals surface area contributed by atoms with Gasteiger partial charge in [0.2, 0.25) is 5.91 Å². The van der Waals surface area contributed by atoms with E-state index in [0.29, 0.717) is 17.2 Å². The van der Waals surface area contributed by atoms with Gasteiger partial charge in [-0.05, 0) is 62.2 Å². The van der Waals surface area contributed by atoms with Crippen molar-refractivity contribution in [3.05, 3.63) is 82.9 Å². The van der Waals surface area contributed by atoms with E-state index in [1.54, 1.807) is 49.6 Å². The number of hydrogen-bond acceptors (Lipinski definition) is 5. The Morgan fingerprint density at radius 2 is 1.50 bits per heavy atom. The maximum Gasteiger partial charge on any atom is 0.264 e. The van der Waals surface area contributed by atoms with E-state index in [9.17, 15) is 13.2 Å². The van der Waals surface area contributed by atoms with Gasteiger partial charge in [0.15, 0.2) is 11.5 Å². The molecule has 0 saturated heterocycles. The van der Waals surface area contributed by atoms with Gasteiger partial charge in [-0.25, -0.2) is 8.42 Å². The van der Waals surface area contributed by atoms with Crippen LogP contribution in [0.2, 0.25) is 0 Å². The van der Waals surface area contributed by atoms with Crippen molar-refractivity contribution >= 4 is 21.6 Å². The van der Waals surface area contributed by atoms with E-state index in [1.165, 1.54) is 7.11 Å². The Kier molecular flexibility index (Phi) is 7.83. The summed E-state index contributed by atoms with van der Waals surface area (Å²) in [5.74, 6) is 0.710. The monoisotopic (exact) mass is 482 g/mol. The zero-order valence-electron chi connectivity index (χ0n) is 20.1. The molecular weight excluding hydrogens is 452 g/mol. The molecule has 0 spiro atoms. The maximum atomic E-state index is 13.6. The van der Waals surface area contributed by atoms with Crippen LogP contribution in [0.25, 0.3) is 0 Å². The third-order valence-corrected chi connectivity index (χ3v) is 7.23. The molecule has 3 aromatic carbocycles. The van der Waals surface area contributed by atoms with Crippen molar-refractivity contribution in [3.8, 4) is 11.5 Å². The lowest BCUT2D eigenvalue weighted by Gasteiger charge is -2.26. The fraction of sp³-hybridized carbons (Fsp3) is 0.269. The highest BCUT2D eigenvalue weighted by atomic mass is 32.2. The molecule has 0 bridgehead atoms. The van der Waals surface area contributed by atoms with Crippen LogP contribution in [-0.4, -0.2) is 35.1 Å². The summed E-state index contributed by atoms with van der Waals surface area (Å²) in [6.45, 7) is 5.52. The summed E-state index contributed by atoms with van der Waals surface area (Å²) in [5.41, 5.74) is 3.98. The van der Waals surface area contributed by atoms with Crippen LogP contribution < -0.4 is 19.1 Å². The molecule has 8 heteroatoms. The van der Waals surface area contributed by atoms with Gasteiger partial charge in [0, 0.05) is 6.54 Å². The molecule has 0 heterocycles. The molecule has 0 radical (unpaired) electrons. The number of amides is 1. The first-order valence-electron chi connectivity index (χ1n) is 10.8. The molecule has 0 saturated carbocycles. The first kappa shape index (κ1) is 25.1. The molecule has 7 nitrogen and oxygen atoms in total. The Labute approximate surface area is 201 Å². The number of sulfonamides is 1. The molecule has 1 amide bonds. The van der Waals surface area contributed by atoms with Gasteiger partial charge in [-0.3, -0.25) is 9.10 Å². The zero-order chi connectivity index (χ0) is 24.9. The predicted molar refractivity (Wildman–Crippen MR) is 133 cm³/mol. The van der Waals surface area contributed by atoms with Gasteiger partial charge >= 0.3 is 0 Å². The predicted octanol–water partition coefficient (Wildman–Crippen LogP) is 4.14. The highest BCUT2D eigenvalue weighted by molar-refractivity contribution is 7.92. The van der Waals surface area contributed by atoms with Crippen LogP contribution in [0.5, 0.6) is 11.5 Å². The van der Waals surface area contributed by atoms with Crippen molar-refractivity contribution in [1.29, 1.82) is 0 Å². The summed E-state index contributed by atoms with van der Waals surface area (Å²) < 4.78 is 38.8. The van der Waals surface area contributed by atoms with Crippen molar-refractivity contribution in [3.63, 3.8) is 0 Å². The molecule has 0 fully saturated rings. The fourth-order valence-corrected chi connectivity index (χ4v) is 5.09. The number of aryl methyl sites for hydroxylation is 3. The molecule has 0 aromatic heterocycles. The summed E-state index contributed by atoms with van der Waals surface area (Å²) in [6.07, 6.45) is 0. The second-order valence-electron chi connectivity index (χ2n) is 8.08. The minimum atomic E-state index is -3.97. The zero-order valence-corrected chi connectivity index (χ0v) is 20.9. The van der Waals surface area contributed by atoms with E-state index in [2.05, 4.69) is 5.32 Å². The summed E-state index contributed by atoms with van der Waals surface area (Å²) in [4.78, 5) is 13.0. The highest BCUT2D eigenvalue weighted by Crippen LogP contribution is 2.29. The fourth-order valence-electron chi connectivity index (χ4n) is 3.60. The Morgan fingerprint density at radius 3 is 2.12 bits per heavy atom. The van der Waals surface area contributed by atoms with E-state index in [0.717, 1.165) is 26.6 Å². The van der Waals surface area contributed by atoms with Crippen molar-refractivity contribution < 1.29 is 22.7 Å². The van der Waals surface area contributed by atoms with Crippen molar-refractivity contribution in [1.82, 2.24) is 5.32 Å². The van der Waals surface area contributed by atoms with Crippen LogP contribution in [0, 0.1) is 20.8 Å². The van der Waals surface area contributed by atoms with E-state index in [4.69, 9.17) is 9.47 Å². The third kappa shape index (κ3) is 5.69. The van der Waals surface area contributed by atoms with Crippen molar-refractivity contribution in [2.24, 2.45) is 0 Å². The van der Waals surface area contributed by atoms with E-state index in [-0.39, 0.29) is 18.0 Å². The average molecular weight is 483 g/mol. The number of nitrogens with one attached hydrogen (secondary N) is 1. The first-order chi connectivity index (χ1) is 16.1. The number of nitrogens with zero attached hydrogens (tertiary/aromatic N) is 1. The molecule has 0 aliphatic heterocycles. The minimum absolute atomic E-state index is 0.130. The number of ether oxygens (including phenoxy) is 2. The summed E-state index contributed by atoms with van der Waals surface area (Å²) in [5, 5.41) is 2.81. The van der Waals surface area contributed by atoms with Gasteiger partial charge in [-0.15, -0.1) is 0 Å². The first-order valence-corrected chi connectivity index (χ1v) is 12.2. The van der Waals surface area contributed by atoms with E-state index >= 15 is 0 Å². The number of benzene rings is 3. The lowest BCUT2D eigenvalue weighted by atomic mass is 10.1. The lowest BCUT2D eigenvalue weighted by molar-refractivity contribution is -0.119.